The molecule has 0 saturated heterocycles. The quantitative estimate of drug-likeness (QED) is 0.783. The molecule has 0 aliphatic heterocycles. The summed E-state index contributed by atoms with van der Waals surface area (Å²) in [5, 5.41) is 12.6. The van der Waals surface area contributed by atoms with E-state index in [1.54, 1.807) is 43.3 Å². The van der Waals surface area contributed by atoms with Gasteiger partial charge < -0.3 is 10.4 Å². The molecule has 0 aliphatic rings. The van der Waals surface area contributed by atoms with Crippen LogP contribution >= 0.6 is 23.2 Å². The summed E-state index contributed by atoms with van der Waals surface area (Å²) < 4.78 is 0. The maximum atomic E-state index is 12.2. The molecule has 4 nitrogen and oxygen atoms in total. The van der Waals surface area contributed by atoms with Crippen LogP contribution in [0.3, 0.4) is 0 Å². The fourth-order valence-corrected chi connectivity index (χ4v) is 2.34. The summed E-state index contributed by atoms with van der Waals surface area (Å²) in [4.78, 5) is 23.1. The summed E-state index contributed by atoms with van der Waals surface area (Å²) in [7, 11) is 0. The van der Waals surface area contributed by atoms with Gasteiger partial charge in [-0.1, -0.05) is 35.3 Å². The van der Waals surface area contributed by atoms with Gasteiger partial charge in [0.1, 0.15) is 0 Å². The minimum atomic E-state index is -1.05. The van der Waals surface area contributed by atoms with Crippen LogP contribution in [0.5, 0.6) is 0 Å². The highest BCUT2D eigenvalue weighted by Crippen LogP contribution is 2.23. The summed E-state index contributed by atoms with van der Waals surface area (Å²) >= 11 is 11.9. The molecule has 0 atom stereocenters. The number of carboxylic acids is 1. The van der Waals surface area contributed by atoms with Gasteiger partial charge in [-0.3, -0.25) is 4.79 Å². The topological polar surface area (TPSA) is 66.4 Å². The smallest absolute Gasteiger partial charge is 0.335 e. The molecular weight excluding hydrogens is 337 g/mol. The van der Waals surface area contributed by atoms with Gasteiger partial charge in [0, 0.05) is 21.3 Å². The Balaban J connectivity index is 2.18. The predicted molar refractivity (Wildman–Crippen MR) is 92.1 cm³/mol. The second-order valence-electron chi connectivity index (χ2n) is 4.83. The lowest BCUT2D eigenvalue weighted by Crippen LogP contribution is -2.13. The molecule has 2 aromatic rings. The number of aromatic carboxylic acids is 1. The second-order valence-corrected chi connectivity index (χ2v) is 5.68. The maximum absolute atomic E-state index is 12.2. The number of benzene rings is 2. The molecule has 2 aromatic carbocycles. The van der Waals surface area contributed by atoms with E-state index in [1.807, 2.05) is 0 Å². The van der Waals surface area contributed by atoms with E-state index < -0.39 is 5.97 Å². The molecule has 0 aliphatic carbocycles. The Morgan fingerprint density at radius 3 is 2.52 bits per heavy atom. The number of rotatable bonds is 4. The highest BCUT2D eigenvalue weighted by atomic mass is 35.5. The Morgan fingerprint density at radius 1 is 1.13 bits per heavy atom. The third-order valence-corrected chi connectivity index (χ3v) is 3.62. The molecule has 0 fully saturated rings. The minimum absolute atomic E-state index is 0.102. The molecule has 23 heavy (non-hydrogen) atoms. The highest BCUT2D eigenvalue weighted by molar-refractivity contribution is 6.35. The summed E-state index contributed by atoms with van der Waals surface area (Å²) in [6, 6.07) is 11.0. The summed E-state index contributed by atoms with van der Waals surface area (Å²) in [6.45, 7) is 1.64. The zero-order valence-corrected chi connectivity index (χ0v) is 13.7. The van der Waals surface area contributed by atoms with E-state index in [2.05, 4.69) is 5.32 Å². The first-order valence-corrected chi connectivity index (χ1v) is 7.40. The Kier molecular flexibility index (Phi) is 5.42. The van der Waals surface area contributed by atoms with E-state index in [0.29, 0.717) is 26.9 Å². The number of hydrogen-bond acceptors (Lipinski definition) is 2. The third-order valence-electron chi connectivity index (χ3n) is 3.06. The van der Waals surface area contributed by atoms with Gasteiger partial charge in [0.25, 0.3) is 5.91 Å². The first-order valence-electron chi connectivity index (χ1n) is 6.65. The molecule has 0 heterocycles. The number of halogens is 2. The van der Waals surface area contributed by atoms with E-state index in [9.17, 15) is 9.59 Å². The molecule has 0 unspecified atom stereocenters. The van der Waals surface area contributed by atoms with Gasteiger partial charge in [-0.15, -0.1) is 0 Å². The number of carbonyl (C=O) groups is 2. The number of carboxylic acid groups (broad SMARTS) is 1. The number of hydrogen-bond donors (Lipinski definition) is 2. The number of anilines is 1. The fraction of sp³-hybridized carbons (Fsp3) is 0.0588. The Bertz CT molecular complexity index is 800. The van der Waals surface area contributed by atoms with Crippen molar-refractivity contribution in [2.75, 3.05) is 5.32 Å². The lowest BCUT2D eigenvalue weighted by atomic mass is 10.1. The fourth-order valence-electron chi connectivity index (χ4n) is 1.88. The Labute approximate surface area is 143 Å². The zero-order chi connectivity index (χ0) is 17.0. The van der Waals surface area contributed by atoms with Crippen molar-refractivity contribution in [2.45, 2.75) is 6.92 Å². The maximum Gasteiger partial charge on any atom is 0.335 e. The first kappa shape index (κ1) is 17.1. The summed E-state index contributed by atoms with van der Waals surface area (Å²) in [5.41, 5.74) is 1.60. The van der Waals surface area contributed by atoms with Crippen LogP contribution < -0.4 is 5.32 Å². The molecule has 0 spiro atoms. The van der Waals surface area contributed by atoms with E-state index in [4.69, 9.17) is 28.3 Å². The lowest BCUT2D eigenvalue weighted by Gasteiger charge is -2.07. The monoisotopic (exact) mass is 349 g/mol. The zero-order valence-electron chi connectivity index (χ0n) is 12.1. The minimum Gasteiger partial charge on any atom is -0.478 e. The summed E-state index contributed by atoms with van der Waals surface area (Å²) in [5.74, 6) is -1.40. The number of amides is 1. The SMILES string of the molecule is CC(=Cc1ccc(Cl)cc1Cl)C(=O)Nc1cccc(C(=O)O)c1. The molecule has 0 radical (unpaired) electrons. The molecule has 6 heteroatoms. The van der Waals surface area contributed by atoms with Crippen molar-refractivity contribution in [3.05, 3.63) is 69.2 Å². The third kappa shape index (κ3) is 4.58. The van der Waals surface area contributed by atoms with Crippen molar-refractivity contribution >= 4 is 46.8 Å². The van der Waals surface area contributed by atoms with Crippen LogP contribution in [0.2, 0.25) is 10.0 Å². The normalized spacial score (nSPS) is 11.2. The van der Waals surface area contributed by atoms with Gasteiger partial charge in [0.2, 0.25) is 0 Å². The van der Waals surface area contributed by atoms with Crippen molar-refractivity contribution in [3.8, 4) is 0 Å². The van der Waals surface area contributed by atoms with Gasteiger partial charge in [-0.2, -0.15) is 0 Å². The van der Waals surface area contributed by atoms with E-state index in [0.717, 1.165) is 0 Å². The van der Waals surface area contributed by atoms with Crippen LogP contribution in [0.4, 0.5) is 5.69 Å². The van der Waals surface area contributed by atoms with Gasteiger partial charge in [0.05, 0.1) is 5.56 Å². The van der Waals surface area contributed by atoms with Crippen LogP contribution in [0.25, 0.3) is 6.08 Å². The van der Waals surface area contributed by atoms with E-state index in [-0.39, 0.29) is 11.5 Å². The highest BCUT2D eigenvalue weighted by Gasteiger charge is 2.09. The molecule has 0 saturated carbocycles. The van der Waals surface area contributed by atoms with E-state index in [1.165, 1.54) is 12.1 Å². The van der Waals surface area contributed by atoms with Crippen molar-refractivity contribution in [2.24, 2.45) is 0 Å². The van der Waals surface area contributed by atoms with Gasteiger partial charge in [-0.25, -0.2) is 4.79 Å². The van der Waals surface area contributed by atoms with Crippen molar-refractivity contribution < 1.29 is 14.7 Å². The van der Waals surface area contributed by atoms with Crippen LogP contribution in [0.15, 0.2) is 48.0 Å². The molecule has 0 aromatic heterocycles. The van der Waals surface area contributed by atoms with Crippen LogP contribution in [-0.2, 0) is 4.79 Å². The van der Waals surface area contributed by atoms with Gasteiger partial charge >= 0.3 is 5.97 Å². The first-order chi connectivity index (χ1) is 10.9. The molecule has 1 amide bonds. The number of nitrogens with one attached hydrogen (secondary N) is 1. The Hall–Kier alpha value is -2.30. The average Bonchev–Trinajstić information content (AvgIpc) is 2.50. The van der Waals surface area contributed by atoms with Crippen LogP contribution in [0, 0.1) is 0 Å². The molecule has 0 bridgehead atoms. The van der Waals surface area contributed by atoms with Crippen molar-refractivity contribution in [3.63, 3.8) is 0 Å². The lowest BCUT2D eigenvalue weighted by molar-refractivity contribution is -0.112. The van der Waals surface area contributed by atoms with Crippen molar-refractivity contribution in [1.82, 2.24) is 0 Å². The van der Waals surface area contributed by atoms with Crippen LogP contribution in [-0.4, -0.2) is 17.0 Å². The second kappa shape index (κ2) is 7.31. The van der Waals surface area contributed by atoms with Gasteiger partial charge in [-0.05, 0) is 48.9 Å². The predicted octanol–water partition coefficient (Wildman–Crippen LogP) is 4.73. The molecular formula is C17H13Cl2NO3. The molecule has 2 N–H and O–H groups in total. The standard InChI is InChI=1S/C17H13Cl2NO3/c1-10(7-11-5-6-13(18)9-15(11)19)16(21)20-14-4-2-3-12(8-14)17(22)23/h2-9H,1H3,(H,20,21)(H,22,23). The number of carbonyl (C=O) groups excluding carboxylic acids is 1. The molecule has 118 valence electrons. The van der Waals surface area contributed by atoms with Crippen molar-refractivity contribution in [1.29, 1.82) is 0 Å². The van der Waals surface area contributed by atoms with Gasteiger partial charge in [0.15, 0.2) is 0 Å². The summed E-state index contributed by atoms with van der Waals surface area (Å²) in [6.07, 6.45) is 1.63. The largest absolute Gasteiger partial charge is 0.478 e. The average molecular weight is 350 g/mol. The Morgan fingerprint density at radius 2 is 1.87 bits per heavy atom. The van der Waals surface area contributed by atoms with E-state index >= 15 is 0 Å². The molecule has 2 rings (SSSR count). The van der Waals surface area contributed by atoms with Crippen LogP contribution in [0.1, 0.15) is 22.8 Å².